The molecule has 0 radical (unpaired) electrons. The molecule has 0 spiro atoms. The van der Waals surface area contributed by atoms with E-state index < -0.39 is 11.3 Å². The van der Waals surface area contributed by atoms with E-state index in [-0.39, 0.29) is 23.9 Å². The van der Waals surface area contributed by atoms with Gasteiger partial charge in [0.2, 0.25) is 5.43 Å². The Balaban J connectivity index is 1.74. The van der Waals surface area contributed by atoms with Crippen molar-refractivity contribution in [3.05, 3.63) is 87.0 Å². The number of nitrogens with zero attached hydrogens (tertiary/aromatic N) is 1. The predicted molar refractivity (Wildman–Crippen MR) is 108 cm³/mol. The molecule has 3 aromatic rings. The van der Waals surface area contributed by atoms with E-state index >= 15 is 0 Å². The zero-order chi connectivity index (χ0) is 21.0. The van der Waals surface area contributed by atoms with Crippen LogP contribution in [-0.4, -0.2) is 17.6 Å². The molecular weight excluding hydrogens is 399 g/mol. The van der Waals surface area contributed by atoms with Gasteiger partial charge in [-0.1, -0.05) is 23.7 Å². The van der Waals surface area contributed by atoms with Crippen molar-refractivity contribution in [2.75, 3.05) is 12.4 Å². The molecule has 8 heteroatoms. The van der Waals surface area contributed by atoms with Crippen molar-refractivity contribution >= 4 is 23.2 Å². The number of aromatic nitrogens is 1. The van der Waals surface area contributed by atoms with Crippen molar-refractivity contribution in [2.24, 2.45) is 7.05 Å². The number of nitrogens with one attached hydrogen (secondary N) is 1. The molecule has 1 heterocycles. The topological polar surface area (TPSA) is 69.6 Å². The first-order chi connectivity index (χ1) is 13.9. The normalized spacial score (nSPS) is 10.5. The van der Waals surface area contributed by atoms with Gasteiger partial charge >= 0.3 is 0 Å². The predicted octanol–water partition coefficient (Wildman–Crippen LogP) is 4.02. The summed E-state index contributed by atoms with van der Waals surface area (Å²) in [6.07, 6.45) is 1.43. The first-order valence-corrected chi connectivity index (χ1v) is 8.98. The summed E-state index contributed by atoms with van der Waals surface area (Å²) in [6, 6.07) is 11.8. The number of carbonyl (C=O) groups is 1. The van der Waals surface area contributed by atoms with Crippen LogP contribution in [0.15, 0.2) is 59.5 Å². The Morgan fingerprint density at radius 3 is 2.52 bits per heavy atom. The maximum atomic E-state index is 13.0. The minimum atomic E-state index is -0.476. The molecule has 1 aromatic heterocycles. The van der Waals surface area contributed by atoms with Crippen LogP contribution in [0.2, 0.25) is 5.02 Å². The Kier molecular flexibility index (Phi) is 6.19. The highest BCUT2D eigenvalue weighted by Crippen LogP contribution is 2.27. The van der Waals surface area contributed by atoms with Crippen molar-refractivity contribution < 1.29 is 18.7 Å². The number of hydrogen-bond acceptors (Lipinski definition) is 4. The lowest BCUT2D eigenvalue weighted by Gasteiger charge is -2.13. The third-order valence-electron chi connectivity index (χ3n) is 4.15. The standard InChI is InChI=1S/C21H18ClFN2O4/c1-25-11-20(29-12-13-3-5-14(23)6-4-13)18(26)10-17(25)21(27)24-15-7-8-19(28-2)16(22)9-15/h3-11H,12H2,1-2H3,(H,24,27). The average molecular weight is 417 g/mol. The number of benzene rings is 2. The molecule has 1 amide bonds. The van der Waals surface area contributed by atoms with Crippen molar-refractivity contribution in [1.29, 1.82) is 0 Å². The van der Waals surface area contributed by atoms with Crippen LogP contribution >= 0.6 is 11.6 Å². The van der Waals surface area contributed by atoms with E-state index in [2.05, 4.69) is 5.32 Å². The van der Waals surface area contributed by atoms with Crippen LogP contribution in [0, 0.1) is 5.82 Å². The van der Waals surface area contributed by atoms with Gasteiger partial charge in [-0.25, -0.2) is 4.39 Å². The molecule has 0 aliphatic carbocycles. The number of pyridine rings is 1. The number of rotatable bonds is 6. The van der Waals surface area contributed by atoms with Gasteiger partial charge in [-0.2, -0.15) is 0 Å². The van der Waals surface area contributed by atoms with E-state index in [0.29, 0.717) is 22.0 Å². The minimum Gasteiger partial charge on any atom is -0.495 e. The van der Waals surface area contributed by atoms with E-state index in [1.165, 1.54) is 36.1 Å². The van der Waals surface area contributed by atoms with Gasteiger partial charge in [0.25, 0.3) is 5.91 Å². The molecule has 0 saturated carbocycles. The quantitative estimate of drug-likeness (QED) is 0.659. The van der Waals surface area contributed by atoms with E-state index in [4.69, 9.17) is 21.1 Å². The third-order valence-corrected chi connectivity index (χ3v) is 4.45. The lowest BCUT2D eigenvalue weighted by molar-refractivity contribution is 0.101. The van der Waals surface area contributed by atoms with Gasteiger partial charge in [0, 0.05) is 18.8 Å². The number of ether oxygens (including phenoxy) is 2. The zero-order valence-corrected chi connectivity index (χ0v) is 16.5. The zero-order valence-electron chi connectivity index (χ0n) is 15.7. The summed E-state index contributed by atoms with van der Waals surface area (Å²) in [7, 11) is 3.12. The monoisotopic (exact) mass is 416 g/mol. The number of aryl methyl sites for hydroxylation is 1. The maximum Gasteiger partial charge on any atom is 0.272 e. The first-order valence-electron chi connectivity index (χ1n) is 8.60. The van der Waals surface area contributed by atoms with Crippen LogP contribution < -0.4 is 20.2 Å². The second-order valence-electron chi connectivity index (χ2n) is 6.22. The molecule has 6 nitrogen and oxygen atoms in total. The SMILES string of the molecule is COc1ccc(NC(=O)c2cc(=O)c(OCc3ccc(F)cc3)cn2C)cc1Cl. The average Bonchev–Trinajstić information content (AvgIpc) is 2.69. The highest BCUT2D eigenvalue weighted by molar-refractivity contribution is 6.32. The Morgan fingerprint density at radius 2 is 1.86 bits per heavy atom. The molecule has 0 saturated heterocycles. The summed E-state index contributed by atoms with van der Waals surface area (Å²) in [4.78, 5) is 24.9. The van der Waals surface area contributed by atoms with Crippen LogP contribution in [0.5, 0.6) is 11.5 Å². The summed E-state index contributed by atoms with van der Waals surface area (Å²) >= 11 is 6.06. The largest absolute Gasteiger partial charge is 0.495 e. The number of carbonyl (C=O) groups excluding carboxylic acids is 1. The molecule has 150 valence electrons. The number of anilines is 1. The molecule has 1 N–H and O–H groups in total. The lowest BCUT2D eigenvalue weighted by Crippen LogP contribution is -2.21. The van der Waals surface area contributed by atoms with Gasteiger partial charge in [-0.3, -0.25) is 9.59 Å². The number of hydrogen-bond donors (Lipinski definition) is 1. The van der Waals surface area contributed by atoms with Gasteiger partial charge in [-0.15, -0.1) is 0 Å². The molecule has 0 fully saturated rings. The highest BCUT2D eigenvalue weighted by atomic mass is 35.5. The molecule has 0 aliphatic heterocycles. The number of methoxy groups -OCH3 is 1. The van der Waals surface area contributed by atoms with Crippen molar-refractivity contribution in [3.63, 3.8) is 0 Å². The summed E-state index contributed by atoms with van der Waals surface area (Å²) in [5.74, 6) is -0.255. The van der Waals surface area contributed by atoms with E-state index in [9.17, 15) is 14.0 Å². The van der Waals surface area contributed by atoms with Crippen molar-refractivity contribution in [3.8, 4) is 11.5 Å². The summed E-state index contributed by atoms with van der Waals surface area (Å²) in [5, 5.41) is 3.04. The second-order valence-corrected chi connectivity index (χ2v) is 6.62. The summed E-state index contributed by atoms with van der Waals surface area (Å²) < 4.78 is 25.0. The van der Waals surface area contributed by atoms with Crippen LogP contribution in [0.4, 0.5) is 10.1 Å². The molecule has 0 unspecified atom stereocenters. The first kappa shape index (κ1) is 20.4. The molecule has 0 aliphatic rings. The number of amides is 1. The van der Waals surface area contributed by atoms with Crippen LogP contribution in [0.1, 0.15) is 16.1 Å². The fourth-order valence-corrected chi connectivity index (χ4v) is 2.88. The Bertz CT molecular complexity index is 1100. The van der Waals surface area contributed by atoms with Gasteiger partial charge in [0.15, 0.2) is 5.75 Å². The third kappa shape index (κ3) is 4.94. The van der Waals surface area contributed by atoms with Crippen LogP contribution in [-0.2, 0) is 13.7 Å². The minimum absolute atomic E-state index is 0.0841. The Labute approximate surface area is 171 Å². The lowest BCUT2D eigenvalue weighted by atomic mass is 10.2. The smallest absolute Gasteiger partial charge is 0.272 e. The highest BCUT2D eigenvalue weighted by Gasteiger charge is 2.14. The van der Waals surface area contributed by atoms with E-state index in [0.717, 1.165) is 0 Å². The van der Waals surface area contributed by atoms with Crippen molar-refractivity contribution in [1.82, 2.24) is 4.57 Å². The molecule has 0 bridgehead atoms. The van der Waals surface area contributed by atoms with Crippen LogP contribution in [0.25, 0.3) is 0 Å². The Morgan fingerprint density at radius 1 is 1.14 bits per heavy atom. The molecule has 0 atom stereocenters. The molecular formula is C21H18ClFN2O4. The van der Waals surface area contributed by atoms with Crippen molar-refractivity contribution in [2.45, 2.75) is 6.61 Å². The second kappa shape index (κ2) is 8.79. The van der Waals surface area contributed by atoms with Gasteiger partial charge in [-0.05, 0) is 35.9 Å². The van der Waals surface area contributed by atoms with Gasteiger partial charge < -0.3 is 19.4 Å². The molecule has 29 heavy (non-hydrogen) atoms. The summed E-state index contributed by atoms with van der Waals surface area (Å²) in [6.45, 7) is 0.103. The van der Waals surface area contributed by atoms with Gasteiger partial charge in [0.05, 0.1) is 18.3 Å². The van der Waals surface area contributed by atoms with E-state index in [1.807, 2.05) is 0 Å². The fourth-order valence-electron chi connectivity index (χ4n) is 2.62. The Hall–Kier alpha value is -3.32. The summed E-state index contributed by atoms with van der Waals surface area (Å²) in [5.41, 5.74) is 0.885. The van der Waals surface area contributed by atoms with E-state index in [1.54, 1.807) is 37.4 Å². The maximum absolute atomic E-state index is 13.0. The molecule has 3 rings (SSSR count). The van der Waals surface area contributed by atoms with Gasteiger partial charge in [0.1, 0.15) is 23.9 Å². The molecule has 2 aromatic carbocycles. The number of halogens is 2. The fraction of sp³-hybridized carbons (Fsp3) is 0.143. The van der Waals surface area contributed by atoms with Crippen LogP contribution in [0.3, 0.4) is 0 Å².